The number of likely N-dealkylation sites (N-methyl/N-ethyl adjacent to an activating group) is 1. The van der Waals surface area contributed by atoms with Crippen molar-refractivity contribution in [3.63, 3.8) is 0 Å². The monoisotopic (exact) mass is 351 g/mol. The highest BCUT2D eigenvalue weighted by Gasteiger charge is 2.28. The molecule has 136 valence electrons. The Kier molecular flexibility index (Phi) is 6.02. The average Bonchev–Trinajstić information content (AvgIpc) is 3.18. The third-order valence-electron chi connectivity index (χ3n) is 4.69. The Morgan fingerprint density at radius 2 is 1.58 bits per heavy atom. The van der Waals surface area contributed by atoms with Crippen LogP contribution in [0.1, 0.15) is 24.4 Å². The molecule has 2 aromatic carbocycles. The number of likely N-dealkylation sites (tertiary alicyclic amines) is 1. The molecule has 0 bridgehead atoms. The minimum Gasteiger partial charge on any atom is -0.342 e. The van der Waals surface area contributed by atoms with Crippen molar-refractivity contribution in [2.45, 2.75) is 18.9 Å². The largest absolute Gasteiger partial charge is 0.342 e. The van der Waals surface area contributed by atoms with Crippen LogP contribution in [0.15, 0.2) is 60.7 Å². The van der Waals surface area contributed by atoms with Crippen LogP contribution < -0.4 is 5.32 Å². The van der Waals surface area contributed by atoms with E-state index in [0.29, 0.717) is 0 Å². The lowest BCUT2D eigenvalue weighted by molar-refractivity contribution is -0.132. The second-order valence-corrected chi connectivity index (χ2v) is 6.67. The number of nitrogens with one attached hydrogen (secondary N) is 1. The molecular formula is C21H25N3O2. The zero-order valence-electron chi connectivity index (χ0n) is 15.1. The lowest BCUT2D eigenvalue weighted by atomic mass is 10.0. The van der Waals surface area contributed by atoms with Gasteiger partial charge in [-0.3, -0.25) is 14.5 Å². The summed E-state index contributed by atoms with van der Waals surface area (Å²) in [6.07, 6.45) is 2.12. The lowest BCUT2D eigenvalue weighted by Crippen LogP contribution is -2.42. The van der Waals surface area contributed by atoms with E-state index >= 15 is 0 Å². The summed E-state index contributed by atoms with van der Waals surface area (Å²) < 4.78 is 0. The number of hydrogen-bond donors (Lipinski definition) is 1. The predicted molar refractivity (Wildman–Crippen MR) is 103 cm³/mol. The fourth-order valence-electron chi connectivity index (χ4n) is 3.34. The first kappa shape index (κ1) is 18.1. The maximum absolute atomic E-state index is 13.0. The van der Waals surface area contributed by atoms with Gasteiger partial charge in [0.15, 0.2) is 0 Å². The molecular weight excluding hydrogens is 326 g/mol. The van der Waals surface area contributed by atoms with Crippen LogP contribution in [0.2, 0.25) is 0 Å². The van der Waals surface area contributed by atoms with E-state index in [0.717, 1.165) is 37.2 Å². The fourth-order valence-corrected chi connectivity index (χ4v) is 3.34. The minimum absolute atomic E-state index is 0.0819. The Hall–Kier alpha value is -2.66. The summed E-state index contributed by atoms with van der Waals surface area (Å²) in [5, 5.41) is 2.96. The first-order valence-electron chi connectivity index (χ1n) is 9.04. The van der Waals surface area contributed by atoms with Crippen molar-refractivity contribution in [1.29, 1.82) is 0 Å². The van der Waals surface area contributed by atoms with Gasteiger partial charge in [-0.1, -0.05) is 48.5 Å². The van der Waals surface area contributed by atoms with Gasteiger partial charge >= 0.3 is 0 Å². The standard InChI is InChI=1S/C21H25N3O2/c1-23(16-19(25)24-14-8-9-15-24)20(17-10-4-2-5-11-17)21(26)22-18-12-6-3-7-13-18/h2-7,10-13,20H,8-9,14-16H2,1H3,(H,22,26). The first-order chi connectivity index (χ1) is 12.6. The van der Waals surface area contributed by atoms with E-state index < -0.39 is 6.04 Å². The number of amides is 2. The van der Waals surface area contributed by atoms with Crippen LogP contribution >= 0.6 is 0 Å². The minimum atomic E-state index is -0.525. The van der Waals surface area contributed by atoms with Gasteiger partial charge in [-0.2, -0.15) is 0 Å². The van der Waals surface area contributed by atoms with Crippen LogP contribution in [0.25, 0.3) is 0 Å². The summed E-state index contributed by atoms with van der Waals surface area (Å²) in [5.74, 6) is -0.0578. The summed E-state index contributed by atoms with van der Waals surface area (Å²) in [5.41, 5.74) is 1.62. The quantitative estimate of drug-likeness (QED) is 0.871. The molecule has 1 unspecified atom stereocenters. The average molecular weight is 351 g/mol. The Bertz CT molecular complexity index is 727. The van der Waals surface area contributed by atoms with Gasteiger partial charge in [0.2, 0.25) is 11.8 Å². The van der Waals surface area contributed by atoms with Crippen molar-refractivity contribution in [1.82, 2.24) is 9.80 Å². The molecule has 0 saturated carbocycles. The number of benzene rings is 2. The molecule has 0 spiro atoms. The van der Waals surface area contributed by atoms with Gasteiger partial charge < -0.3 is 10.2 Å². The number of hydrogen-bond acceptors (Lipinski definition) is 3. The summed E-state index contributed by atoms with van der Waals surface area (Å²) in [7, 11) is 1.83. The molecule has 0 radical (unpaired) electrons. The fraction of sp³-hybridized carbons (Fsp3) is 0.333. The topological polar surface area (TPSA) is 52.7 Å². The van der Waals surface area contributed by atoms with Crippen LogP contribution in [0, 0.1) is 0 Å². The van der Waals surface area contributed by atoms with E-state index in [1.807, 2.05) is 77.5 Å². The maximum atomic E-state index is 13.0. The Labute approximate surface area is 154 Å². The molecule has 26 heavy (non-hydrogen) atoms. The summed E-state index contributed by atoms with van der Waals surface area (Å²) >= 11 is 0. The molecule has 1 saturated heterocycles. The van der Waals surface area contributed by atoms with Gasteiger partial charge in [0, 0.05) is 18.8 Å². The molecule has 1 fully saturated rings. The molecule has 1 N–H and O–H groups in total. The van der Waals surface area contributed by atoms with Crippen molar-refractivity contribution in [3.8, 4) is 0 Å². The number of carbonyl (C=O) groups is 2. The van der Waals surface area contributed by atoms with Crippen molar-refractivity contribution in [3.05, 3.63) is 66.2 Å². The van der Waals surface area contributed by atoms with E-state index in [2.05, 4.69) is 5.32 Å². The predicted octanol–water partition coefficient (Wildman–Crippen LogP) is 2.92. The van der Waals surface area contributed by atoms with Gasteiger partial charge in [0.05, 0.1) is 6.54 Å². The van der Waals surface area contributed by atoms with E-state index in [4.69, 9.17) is 0 Å². The van der Waals surface area contributed by atoms with Gasteiger partial charge in [0.1, 0.15) is 6.04 Å². The molecule has 3 rings (SSSR count). The Balaban J connectivity index is 1.76. The zero-order valence-corrected chi connectivity index (χ0v) is 15.1. The second-order valence-electron chi connectivity index (χ2n) is 6.67. The van der Waals surface area contributed by atoms with Crippen LogP contribution in [-0.2, 0) is 9.59 Å². The molecule has 5 heteroatoms. The molecule has 1 aliphatic rings. The lowest BCUT2D eigenvalue weighted by Gasteiger charge is -2.28. The molecule has 2 aromatic rings. The third kappa shape index (κ3) is 4.49. The van der Waals surface area contributed by atoms with Gasteiger partial charge in [-0.25, -0.2) is 0 Å². The van der Waals surface area contributed by atoms with Crippen molar-refractivity contribution < 1.29 is 9.59 Å². The number of nitrogens with zero attached hydrogens (tertiary/aromatic N) is 2. The number of rotatable bonds is 6. The molecule has 0 aromatic heterocycles. The highest BCUT2D eigenvalue weighted by atomic mass is 16.2. The molecule has 0 aliphatic carbocycles. The summed E-state index contributed by atoms with van der Waals surface area (Å²) in [4.78, 5) is 29.2. The molecule has 1 atom stereocenters. The summed E-state index contributed by atoms with van der Waals surface area (Å²) in [6.45, 7) is 1.86. The van der Waals surface area contributed by atoms with Crippen LogP contribution in [0.3, 0.4) is 0 Å². The smallest absolute Gasteiger partial charge is 0.246 e. The first-order valence-corrected chi connectivity index (χ1v) is 9.04. The van der Waals surface area contributed by atoms with Gasteiger partial charge in [0.25, 0.3) is 0 Å². The van der Waals surface area contributed by atoms with E-state index in [-0.39, 0.29) is 18.4 Å². The summed E-state index contributed by atoms with van der Waals surface area (Å²) in [6, 6.07) is 18.5. The highest BCUT2D eigenvalue weighted by molar-refractivity contribution is 5.95. The normalized spacial score (nSPS) is 15.1. The van der Waals surface area contributed by atoms with Crippen molar-refractivity contribution in [2.75, 3.05) is 32.0 Å². The third-order valence-corrected chi connectivity index (χ3v) is 4.69. The van der Waals surface area contributed by atoms with Gasteiger partial charge in [-0.05, 0) is 37.6 Å². The molecule has 2 amide bonds. The van der Waals surface area contributed by atoms with E-state index in [1.165, 1.54) is 0 Å². The van der Waals surface area contributed by atoms with Gasteiger partial charge in [-0.15, -0.1) is 0 Å². The van der Waals surface area contributed by atoms with Crippen molar-refractivity contribution in [2.24, 2.45) is 0 Å². The van der Waals surface area contributed by atoms with Crippen LogP contribution in [-0.4, -0.2) is 48.3 Å². The molecule has 5 nitrogen and oxygen atoms in total. The molecule has 1 aliphatic heterocycles. The zero-order chi connectivity index (χ0) is 18.4. The van der Waals surface area contributed by atoms with E-state index in [1.54, 1.807) is 0 Å². The number of carbonyl (C=O) groups excluding carboxylic acids is 2. The van der Waals surface area contributed by atoms with E-state index in [9.17, 15) is 9.59 Å². The van der Waals surface area contributed by atoms with Crippen LogP contribution in [0.4, 0.5) is 5.69 Å². The van der Waals surface area contributed by atoms with Crippen LogP contribution in [0.5, 0.6) is 0 Å². The second kappa shape index (κ2) is 8.63. The molecule has 1 heterocycles. The SMILES string of the molecule is CN(CC(=O)N1CCCC1)C(C(=O)Nc1ccccc1)c1ccccc1. The Morgan fingerprint density at radius 1 is 1.00 bits per heavy atom. The highest BCUT2D eigenvalue weighted by Crippen LogP contribution is 2.22. The van der Waals surface area contributed by atoms with Crippen molar-refractivity contribution >= 4 is 17.5 Å². The number of anilines is 1. The number of para-hydroxylation sites is 1. The maximum Gasteiger partial charge on any atom is 0.246 e. The Morgan fingerprint density at radius 3 is 2.19 bits per heavy atom.